The van der Waals surface area contributed by atoms with Crippen LogP contribution in [0.4, 0.5) is 0 Å². The van der Waals surface area contributed by atoms with Crippen LogP contribution in [0.15, 0.2) is 88.5 Å². The summed E-state index contributed by atoms with van der Waals surface area (Å²) >= 11 is 0. The molecule has 3 aromatic rings. The Kier molecular flexibility index (Phi) is 13.8. The highest BCUT2D eigenvalue weighted by atomic mass is 16.5. The van der Waals surface area contributed by atoms with Crippen molar-refractivity contribution >= 4 is 11.7 Å². The number of aromatic hydroxyl groups is 2. The van der Waals surface area contributed by atoms with Crippen LogP contribution in [0.1, 0.15) is 198 Å². The van der Waals surface area contributed by atoms with Crippen molar-refractivity contribution in [2.24, 2.45) is 51.1 Å². The number of guanidine groups is 1. The number of hydrogen-bond donors (Lipinski definition) is 6. The van der Waals surface area contributed by atoms with Crippen LogP contribution in [-0.4, -0.2) is 70.7 Å². The quantitative estimate of drug-likeness (QED) is 0.104. The first-order valence-electron chi connectivity index (χ1n) is 30.4. The minimum absolute atomic E-state index is 0.0143. The van der Waals surface area contributed by atoms with Crippen molar-refractivity contribution in [2.75, 3.05) is 20.3 Å². The number of nitrogens with two attached hydrogens (primary N) is 1. The lowest BCUT2D eigenvalue weighted by atomic mass is 9.43. The molecule has 0 unspecified atom stereocenters. The molecule has 9 aliphatic carbocycles. The molecule has 12 atom stereocenters. The molecule has 0 saturated heterocycles. The molecule has 0 aromatic heterocycles. The summed E-state index contributed by atoms with van der Waals surface area (Å²) in [7, 11) is 1.87. The second kappa shape index (κ2) is 20.6. The number of aliphatic hydroxyl groups excluding tert-OH is 2. The number of Topliss-reactive ketones (excluding diaryl/α,β-unsaturated/α-hetero) is 1. The van der Waals surface area contributed by atoms with Gasteiger partial charge in [-0.25, -0.2) is 4.99 Å². The van der Waals surface area contributed by atoms with Gasteiger partial charge in [-0.1, -0.05) is 92.2 Å². The van der Waals surface area contributed by atoms with Crippen LogP contribution in [0.2, 0.25) is 0 Å². The van der Waals surface area contributed by atoms with Crippen molar-refractivity contribution in [2.45, 2.75) is 190 Å². The van der Waals surface area contributed by atoms with E-state index in [1.165, 1.54) is 23.1 Å². The van der Waals surface area contributed by atoms with Gasteiger partial charge in [-0.2, -0.15) is 0 Å². The van der Waals surface area contributed by atoms with E-state index in [0.717, 1.165) is 135 Å². The van der Waals surface area contributed by atoms with E-state index < -0.39 is 10.8 Å². The number of benzene rings is 3. The van der Waals surface area contributed by atoms with Gasteiger partial charge in [-0.05, 0) is 202 Å². The SMILES string of the molecule is CO[C@H]1CC[C@@]23C[C@H](C)C[C@H]4C2=C[C@@H]2C[C@@H](CC#Cc5c([C@H]6CC[C@H]7C[C@]8(CO)C=CCC[C@@H]8C(CO)=C7C(=O)C6)cc(OC6CCCC6)c(O)c5[C@H]3[C@@H]21)N=C(N)NC1(CCCCC1)c1cccc(c1)Cc1cc(O)cc4c1. The van der Waals surface area contributed by atoms with Crippen molar-refractivity contribution < 1.29 is 34.7 Å². The number of carbonyl (C=O) groups is 1. The summed E-state index contributed by atoms with van der Waals surface area (Å²) in [6.45, 7) is 2.20. The number of nitrogens with zero attached hydrogens (tertiary/aromatic N) is 1. The van der Waals surface area contributed by atoms with E-state index in [0.29, 0.717) is 49.7 Å². The van der Waals surface area contributed by atoms with Gasteiger partial charge in [0.15, 0.2) is 23.2 Å². The number of ketones is 1. The summed E-state index contributed by atoms with van der Waals surface area (Å²) in [6.07, 6.45) is 25.5. The fourth-order valence-electron chi connectivity index (χ4n) is 18.7. The molecule has 0 amide bonds. The van der Waals surface area contributed by atoms with E-state index in [-0.39, 0.29) is 102 Å². The smallest absolute Gasteiger partial charge is 0.189 e. The van der Waals surface area contributed by atoms with E-state index in [9.17, 15) is 20.4 Å². The van der Waals surface area contributed by atoms with Crippen molar-refractivity contribution in [3.8, 4) is 29.1 Å². The summed E-state index contributed by atoms with van der Waals surface area (Å²) in [5.74, 6) is 8.69. The second-order valence-electron chi connectivity index (χ2n) is 26.3. The monoisotopic (exact) mass is 1050 g/mol. The number of aliphatic hydroxyl groups is 2. The highest BCUT2D eigenvalue weighted by Crippen LogP contribution is 2.70. The number of rotatable bonds is 6. The van der Waals surface area contributed by atoms with Crippen molar-refractivity contribution in [3.05, 3.63) is 122 Å². The number of methoxy groups -OCH3 is 1. The summed E-state index contributed by atoms with van der Waals surface area (Å²) in [4.78, 5) is 20.8. The molecule has 412 valence electrons. The largest absolute Gasteiger partial charge is 0.508 e. The molecule has 1 heterocycles. The van der Waals surface area contributed by atoms with Crippen molar-refractivity contribution in [1.82, 2.24) is 5.32 Å². The molecule has 10 heteroatoms. The Bertz CT molecular complexity index is 3040. The minimum atomic E-state index is -0.494. The third-order valence-electron chi connectivity index (χ3n) is 21.9. The molecule has 5 fully saturated rings. The zero-order chi connectivity index (χ0) is 53.5. The number of carbonyl (C=O) groups excluding carboxylic acids is 1. The highest BCUT2D eigenvalue weighted by molar-refractivity contribution is 5.98. The van der Waals surface area contributed by atoms with Gasteiger partial charge < -0.3 is 41.0 Å². The van der Waals surface area contributed by atoms with E-state index in [2.05, 4.69) is 78.7 Å². The van der Waals surface area contributed by atoms with Gasteiger partial charge in [-0.3, -0.25) is 4.79 Å². The maximum Gasteiger partial charge on any atom is 0.189 e. The van der Waals surface area contributed by atoms with E-state index in [1.54, 1.807) is 0 Å². The number of phenolic OH excluding ortho intramolecular Hbond substituents is 2. The zero-order valence-electron chi connectivity index (χ0n) is 46.2. The average molecular weight is 1050 g/mol. The normalized spacial score (nSPS) is 34.9. The molecule has 0 radical (unpaired) electrons. The van der Waals surface area contributed by atoms with E-state index in [1.807, 2.05) is 19.2 Å². The summed E-state index contributed by atoms with van der Waals surface area (Å²) in [5.41, 5.74) is 16.3. The molecule has 13 rings (SSSR count). The first kappa shape index (κ1) is 52.1. The fraction of sp³-hybridized carbons (Fsp3) is 0.588. The molecular weight excluding hydrogens is 971 g/mol. The maximum absolute atomic E-state index is 15.3. The molecule has 10 aliphatic rings. The van der Waals surface area contributed by atoms with Gasteiger partial charge in [0.05, 0.1) is 37.0 Å². The third kappa shape index (κ3) is 8.87. The average Bonchev–Trinajstić information content (AvgIpc) is 3.91. The number of phenols is 2. The Morgan fingerprint density at radius 1 is 0.897 bits per heavy atom. The third-order valence-corrected chi connectivity index (χ3v) is 21.9. The van der Waals surface area contributed by atoms with Gasteiger partial charge in [-0.15, -0.1) is 0 Å². The van der Waals surface area contributed by atoms with Crippen molar-refractivity contribution in [3.63, 3.8) is 0 Å². The Labute approximate surface area is 462 Å². The standard InChI is InChI=1S/C68H83N3O7/c1-40-26-53-45-28-42(30-49(74)32-45)27-41-12-10-13-47(29-41)68(23-7-3-8-24-68)71-65(69)70-48-14-11-17-51-52(43-19-20-44-37-66(39-73)22-9-6-18-55(66)54(38-72)60(44)57(75)34-43)35-59(78-50-15-4-5-16-50)64(76)62(51)63-61-46(31-48)33-56(53)67(63,36-40)25-21-58(61)77-2/h9-10,12-13,22,28-30,32-33,35,40,43-44,46,48,50,53,55,58,61,63,72-74,76H,3-8,14-16,18-21,23-27,31,34,36-39H2,1-2H3,(H3,69,70,71)/t40-,43+,44+,46+,48-,53-,55-,58+,61+,63-,66+,67-/m1/s1. The van der Waals surface area contributed by atoms with Crippen LogP contribution in [0.3, 0.4) is 0 Å². The molecule has 3 aromatic carbocycles. The lowest BCUT2D eigenvalue weighted by molar-refractivity contribution is -0.116. The topological polar surface area (TPSA) is 167 Å². The lowest BCUT2D eigenvalue weighted by Gasteiger charge is -2.62. The Hall–Kier alpha value is -5.34. The molecule has 1 aliphatic heterocycles. The molecule has 2 spiro atoms. The molecular formula is C68H83N3O7. The number of hydrogen-bond acceptors (Lipinski definition) is 10. The van der Waals surface area contributed by atoms with E-state index in [4.69, 9.17) is 20.2 Å². The van der Waals surface area contributed by atoms with E-state index >= 15 is 4.79 Å². The lowest BCUT2D eigenvalue weighted by Crippen LogP contribution is -2.54. The molecule has 10 nitrogen and oxygen atoms in total. The first-order chi connectivity index (χ1) is 37.9. The first-order valence-corrected chi connectivity index (χ1v) is 30.4. The predicted octanol–water partition coefficient (Wildman–Crippen LogP) is 12.0. The summed E-state index contributed by atoms with van der Waals surface area (Å²) < 4.78 is 13.8. The molecule has 5 saturated carbocycles. The van der Waals surface area contributed by atoms with Crippen molar-refractivity contribution in [1.29, 1.82) is 0 Å². The molecule has 10 bridgehead atoms. The summed E-state index contributed by atoms with van der Waals surface area (Å²) in [5, 5.41) is 51.5. The van der Waals surface area contributed by atoms with Crippen LogP contribution in [-0.2, 0) is 21.5 Å². The second-order valence-corrected chi connectivity index (χ2v) is 26.3. The number of aliphatic imine (C=N–C) groups is 1. The van der Waals surface area contributed by atoms with Crippen LogP contribution in [0, 0.1) is 52.3 Å². The number of ether oxygens (including phenoxy) is 2. The summed E-state index contributed by atoms with van der Waals surface area (Å²) in [6, 6.07) is 17.1. The van der Waals surface area contributed by atoms with Gasteiger partial charge in [0.2, 0.25) is 0 Å². The minimum Gasteiger partial charge on any atom is -0.508 e. The van der Waals surface area contributed by atoms with Gasteiger partial charge in [0.1, 0.15) is 5.75 Å². The predicted molar refractivity (Wildman–Crippen MR) is 304 cm³/mol. The number of nitrogens with one attached hydrogen (secondary N) is 1. The van der Waals surface area contributed by atoms with Gasteiger partial charge in [0.25, 0.3) is 0 Å². The van der Waals surface area contributed by atoms with Gasteiger partial charge >= 0.3 is 0 Å². The number of allylic oxidation sites excluding steroid dienone is 4. The molecule has 78 heavy (non-hydrogen) atoms. The van der Waals surface area contributed by atoms with Gasteiger partial charge in [0, 0.05) is 53.9 Å². The number of fused-ring (bicyclic) bond motifs is 10. The Balaban J connectivity index is 1.04. The van der Waals surface area contributed by atoms with Crippen LogP contribution < -0.4 is 15.8 Å². The molecule has 7 N–H and O–H groups in total. The zero-order valence-corrected chi connectivity index (χ0v) is 46.2. The fourth-order valence-corrected chi connectivity index (χ4v) is 18.7. The highest BCUT2D eigenvalue weighted by Gasteiger charge is 2.61. The Morgan fingerprint density at radius 3 is 2.54 bits per heavy atom. The Morgan fingerprint density at radius 2 is 1.73 bits per heavy atom. The maximum atomic E-state index is 15.3. The van der Waals surface area contributed by atoms with Crippen LogP contribution in [0.25, 0.3) is 0 Å². The van der Waals surface area contributed by atoms with Crippen LogP contribution >= 0.6 is 0 Å². The van der Waals surface area contributed by atoms with Crippen LogP contribution in [0.5, 0.6) is 17.2 Å².